The van der Waals surface area contributed by atoms with Crippen molar-refractivity contribution in [2.75, 3.05) is 0 Å². The van der Waals surface area contributed by atoms with Crippen LogP contribution in [-0.2, 0) is 11.2 Å². The molecule has 0 aliphatic carbocycles. The summed E-state index contributed by atoms with van der Waals surface area (Å²) in [6.45, 7) is 3.57. The van der Waals surface area contributed by atoms with Crippen molar-refractivity contribution in [1.29, 1.82) is 0 Å². The van der Waals surface area contributed by atoms with Gasteiger partial charge < -0.3 is 5.11 Å². The number of halogens is 1. The highest BCUT2D eigenvalue weighted by atomic mass is 79.9. The molecular weight excluding hydrogens is 310 g/mol. The lowest BCUT2D eigenvalue weighted by Gasteiger charge is -2.08. The Bertz CT molecular complexity index is 603. The van der Waals surface area contributed by atoms with Gasteiger partial charge in [0.15, 0.2) is 5.82 Å². The van der Waals surface area contributed by atoms with E-state index in [9.17, 15) is 4.79 Å². The van der Waals surface area contributed by atoms with E-state index in [1.54, 1.807) is 20.0 Å². The molecule has 1 N–H and O–H groups in total. The van der Waals surface area contributed by atoms with Gasteiger partial charge in [-0.3, -0.25) is 9.78 Å². The van der Waals surface area contributed by atoms with E-state index in [1.807, 2.05) is 12.1 Å². The lowest BCUT2D eigenvalue weighted by molar-refractivity contribution is -0.136. The van der Waals surface area contributed by atoms with Crippen LogP contribution in [-0.4, -0.2) is 26.0 Å². The molecule has 0 bridgehead atoms. The van der Waals surface area contributed by atoms with E-state index in [4.69, 9.17) is 5.11 Å². The monoisotopic (exact) mass is 321 g/mol. The van der Waals surface area contributed by atoms with E-state index < -0.39 is 5.97 Å². The maximum absolute atomic E-state index is 10.8. The number of aryl methyl sites for hydroxylation is 2. The molecule has 98 valence electrons. The van der Waals surface area contributed by atoms with Crippen molar-refractivity contribution in [1.82, 2.24) is 15.0 Å². The molecule has 0 fully saturated rings. The third-order valence-electron chi connectivity index (χ3n) is 2.71. The summed E-state index contributed by atoms with van der Waals surface area (Å²) in [6.07, 6.45) is 1.61. The predicted molar refractivity (Wildman–Crippen MR) is 73.8 cm³/mol. The quantitative estimate of drug-likeness (QED) is 0.940. The topological polar surface area (TPSA) is 76.0 Å². The summed E-state index contributed by atoms with van der Waals surface area (Å²) in [4.78, 5) is 23.7. The second kappa shape index (κ2) is 5.44. The summed E-state index contributed by atoms with van der Waals surface area (Å²) in [5, 5.41) is 8.86. The lowest BCUT2D eigenvalue weighted by Crippen LogP contribution is -2.08. The number of carbonyl (C=O) groups is 1. The summed E-state index contributed by atoms with van der Waals surface area (Å²) >= 11 is 3.32. The molecule has 0 aliphatic heterocycles. The number of carboxylic acids is 1. The summed E-state index contributed by atoms with van der Waals surface area (Å²) in [7, 11) is 0. The maximum atomic E-state index is 10.8. The van der Waals surface area contributed by atoms with E-state index in [0.29, 0.717) is 28.5 Å². The van der Waals surface area contributed by atoms with E-state index in [2.05, 4.69) is 30.9 Å². The fourth-order valence-corrected chi connectivity index (χ4v) is 2.00. The van der Waals surface area contributed by atoms with Crippen LogP contribution in [0.25, 0.3) is 11.5 Å². The van der Waals surface area contributed by atoms with Crippen molar-refractivity contribution in [2.45, 2.75) is 20.3 Å². The molecule has 2 aromatic rings. The van der Waals surface area contributed by atoms with Gasteiger partial charge in [0.25, 0.3) is 0 Å². The zero-order chi connectivity index (χ0) is 14.0. The zero-order valence-corrected chi connectivity index (χ0v) is 12.1. The van der Waals surface area contributed by atoms with Crippen LogP contribution in [0.15, 0.2) is 22.8 Å². The van der Waals surface area contributed by atoms with Crippen LogP contribution in [0.5, 0.6) is 0 Å². The fraction of sp³-hybridized carbons (Fsp3) is 0.231. The molecule has 2 heterocycles. The molecule has 2 rings (SSSR count). The predicted octanol–water partition coefficient (Wildman–Crippen LogP) is 2.55. The summed E-state index contributed by atoms with van der Waals surface area (Å²) < 4.78 is 0.882. The highest BCUT2D eigenvalue weighted by Gasteiger charge is 2.13. The standard InChI is InChI=1S/C13H12BrN3O2/c1-7-10(5-12(18)19)8(2)17-13(16-7)11-4-3-9(14)6-15-11/h3-4,6H,5H2,1-2H3,(H,18,19). The smallest absolute Gasteiger partial charge is 0.307 e. The number of carboxylic acid groups (broad SMARTS) is 1. The van der Waals surface area contributed by atoms with Gasteiger partial charge in [-0.1, -0.05) is 0 Å². The van der Waals surface area contributed by atoms with E-state index in [1.165, 1.54) is 0 Å². The molecule has 6 heteroatoms. The number of hydrogen-bond donors (Lipinski definition) is 1. The third-order valence-corrected chi connectivity index (χ3v) is 3.17. The molecule has 0 aliphatic rings. The number of aromatic nitrogens is 3. The first-order valence-electron chi connectivity index (χ1n) is 5.65. The molecule has 0 saturated carbocycles. The highest BCUT2D eigenvalue weighted by molar-refractivity contribution is 9.10. The van der Waals surface area contributed by atoms with Crippen molar-refractivity contribution in [3.8, 4) is 11.5 Å². The molecule has 0 amide bonds. The van der Waals surface area contributed by atoms with Crippen LogP contribution in [0.2, 0.25) is 0 Å². The molecule has 2 aromatic heterocycles. The first-order valence-corrected chi connectivity index (χ1v) is 6.44. The van der Waals surface area contributed by atoms with Gasteiger partial charge in [-0.25, -0.2) is 9.97 Å². The van der Waals surface area contributed by atoms with Gasteiger partial charge in [-0.05, 0) is 41.9 Å². The van der Waals surface area contributed by atoms with Gasteiger partial charge in [0.1, 0.15) is 5.69 Å². The van der Waals surface area contributed by atoms with Gasteiger partial charge in [0.2, 0.25) is 0 Å². The first-order chi connectivity index (χ1) is 8.97. The normalized spacial score (nSPS) is 10.5. The van der Waals surface area contributed by atoms with Crippen LogP contribution in [0, 0.1) is 13.8 Å². The van der Waals surface area contributed by atoms with Gasteiger partial charge in [0, 0.05) is 27.6 Å². The van der Waals surface area contributed by atoms with Crippen LogP contribution < -0.4 is 0 Å². The largest absolute Gasteiger partial charge is 0.481 e. The number of hydrogen-bond acceptors (Lipinski definition) is 4. The van der Waals surface area contributed by atoms with Crippen molar-refractivity contribution < 1.29 is 9.90 Å². The van der Waals surface area contributed by atoms with Gasteiger partial charge in [-0.2, -0.15) is 0 Å². The Balaban J connectivity index is 2.44. The van der Waals surface area contributed by atoms with Gasteiger partial charge in [-0.15, -0.1) is 0 Å². The highest BCUT2D eigenvalue weighted by Crippen LogP contribution is 2.19. The van der Waals surface area contributed by atoms with Crippen molar-refractivity contribution >= 4 is 21.9 Å². The minimum Gasteiger partial charge on any atom is -0.481 e. The number of nitrogens with zero attached hydrogens (tertiary/aromatic N) is 3. The van der Waals surface area contributed by atoms with E-state index >= 15 is 0 Å². The van der Waals surface area contributed by atoms with Crippen molar-refractivity contribution in [2.24, 2.45) is 0 Å². The van der Waals surface area contributed by atoms with Gasteiger partial charge in [0.05, 0.1) is 6.42 Å². The Morgan fingerprint density at radius 2 is 1.89 bits per heavy atom. The molecular formula is C13H12BrN3O2. The average molecular weight is 322 g/mol. The Labute approximate surface area is 118 Å². The van der Waals surface area contributed by atoms with Crippen molar-refractivity contribution in [3.63, 3.8) is 0 Å². The Morgan fingerprint density at radius 3 is 2.37 bits per heavy atom. The Kier molecular flexibility index (Phi) is 3.90. The van der Waals surface area contributed by atoms with E-state index in [-0.39, 0.29) is 6.42 Å². The second-order valence-corrected chi connectivity index (χ2v) is 5.04. The number of rotatable bonds is 3. The lowest BCUT2D eigenvalue weighted by atomic mass is 10.1. The second-order valence-electron chi connectivity index (χ2n) is 4.13. The molecule has 0 unspecified atom stereocenters. The molecule has 19 heavy (non-hydrogen) atoms. The molecule has 5 nitrogen and oxygen atoms in total. The third kappa shape index (κ3) is 3.14. The molecule has 0 atom stereocenters. The first kappa shape index (κ1) is 13.6. The average Bonchev–Trinajstić information content (AvgIpc) is 2.34. The summed E-state index contributed by atoms with van der Waals surface area (Å²) in [5.41, 5.74) is 2.67. The van der Waals surface area contributed by atoms with Crippen LogP contribution in [0.1, 0.15) is 17.0 Å². The van der Waals surface area contributed by atoms with Crippen molar-refractivity contribution in [3.05, 3.63) is 39.8 Å². The van der Waals surface area contributed by atoms with Crippen LogP contribution in [0.4, 0.5) is 0 Å². The minimum absolute atomic E-state index is 0.0638. The number of pyridine rings is 1. The van der Waals surface area contributed by atoms with Gasteiger partial charge >= 0.3 is 5.97 Å². The van der Waals surface area contributed by atoms with Crippen LogP contribution >= 0.6 is 15.9 Å². The van der Waals surface area contributed by atoms with E-state index in [0.717, 1.165) is 4.47 Å². The molecule has 0 radical (unpaired) electrons. The Morgan fingerprint density at radius 1 is 1.26 bits per heavy atom. The molecule has 0 spiro atoms. The molecule has 0 saturated heterocycles. The van der Waals surface area contributed by atoms with Crippen LogP contribution in [0.3, 0.4) is 0 Å². The summed E-state index contributed by atoms with van der Waals surface area (Å²) in [6, 6.07) is 3.68. The summed E-state index contributed by atoms with van der Waals surface area (Å²) in [5.74, 6) is -0.374. The zero-order valence-electron chi connectivity index (χ0n) is 10.5. The maximum Gasteiger partial charge on any atom is 0.307 e. The minimum atomic E-state index is -0.885. The SMILES string of the molecule is Cc1nc(-c2ccc(Br)cn2)nc(C)c1CC(=O)O. The number of aliphatic carboxylic acids is 1. The fourth-order valence-electron chi connectivity index (χ4n) is 1.77. The Hall–Kier alpha value is -1.82. The molecule has 0 aromatic carbocycles.